The average molecular weight is 303 g/mol. The van der Waals surface area contributed by atoms with E-state index in [4.69, 9.17) is 14.9 Å². The molecule has 0 atom stereocenters. The van der Waals surface area contributed by atoms with E-state index in [1.54, 1.807) is 0 Å². The van der Waals surface area contributed by atoms with E-state index < -0.39 is 16.9 Å². The van der Waals surface area contributed by atoms with E-state index in [0.717, 1.165) is 18.2 Å². The smallest absolute Gasteiger partial charge is 0.335 e. The highest BCUT2D eigenvalue weighted by Gasteiger charge is 2.13. The molecule has 8 heteroatoms. The van der Waals surface area contributed by atoms with Gasteiger partial charge in [0.25, 0.3) is 5.69 Å². The van der Waals surface area contributed by atoms with E-state index in [0.29, 0.717) is 0 Å². The predicted molar refractivity (Wildman–Crippen MR) is 73.5 cm³/mol. The fraction of sp³-hybridized carbons (Fsp3) is 0. The van der Waals surface area contributed by atoms with E-state index in [1.165, 1.54) is 24.3 Å². The highest BCUT2D eigenvalue weighted by atomic mass is 16.6. The van der Waals surface area contributed by atoms with Crippen LogP contribution >= 0.6 is 0 Å². The van der Waals surface area contributed by atoms with Crippen LogP contribution in [0.25, 0.3) is 0 Å². The van der Waals surface area contributed by atoms with Gasteiger partial charge in [0.15, 0.2) is 0 Å². The van der Waals surface area contributed by atoms with Crippen molar-refractivity contribution in [1.82, 2.24) is 0 Å². The summed E-state index contributed by atoms with van der Waals surface area (Å²) in [4.78, 5) is 31.9. The lowest BCUT2D eigenvalue weighted by Gasteiger charge is -2.07. The number of hydrogen-bond donors (Lipinski definition) is 2. The van der Waals surface area contributed by atoms with Crippen molar-refractivity contribution in [3.63, 3.8) is 0 Å². The van der Waals surface area contributed by atoms with Crippen LogP contribution in [0, 0.1) is 10.1 Å². The maximum absolute atomic E-state index is 11.0. The topological polar surface area (TPSA) is 127 Å². The second kappa shape index (κ2) is 5.92. The molecule has 2 N–H and O–H groups in total. The van der Waals surface area contributed by atoms with Gasteiger partial charge in [-0.1, -0.05) is 0 Å². The Balaban J connectivity index is 2.33. The molecule has 0 fully saturated rings. The van der Waals surface area contributed by atoms with Crippen LogP contribution in [0.5, 0.6) is 11.5 Å². The molecule has 112 valence electrons. The SMILES string of the molecule is O=C(O)c1cc(Oc2ccc([N+](=O)[O-])cc2)cc(C(=O)O)c1. The van der Waals surface area contributed by atoms with E-state index in [1.807, 2.05) is 0 Å². The summed E-state index contributed by atoms with van der Waals surface area (Å²) in [5, 5.41) is 28.5. The van der Waals surface area contributed by atoms with Gasteiger partial charge in [0.05, 0.1) is 16.1 Å². The number of carboxylic acids is 2. The van der Waals surface area contributed by atoms with Crippen molar-refractivity contribution in [2.45, 2.75) is 0 Å². The lowest BCUT2D eigenvalue weighted by atomic mass is 10.1. The molecule has 22 heavy (non-hydrogen) atoms. The number of hydrogen-bond acceptors (Lipinski definition) is 5. The summed E-state index contributed by atoms with van der Waals surface area (Å²) in [6, 6.07) is 8.42. The molecule has 0 spiro atoms. The maximum Gasteiger partial charge on any atom is 0.335 e. The maximum atomic E-state index is 11.0. The van der Waals surface area contributed by atoms with E-state index in [2.05, 4.69) is 0 Å². The van der Waals surface area contributed by atoms with Gasteiger partial charge >= 0.3 is 11.9 Å². The minimum Gasteiger partial charge on any atom is -0.478 e. The van der Waals surface area contributed by atoms with Crippen LogP contribution in [-0.4, -0.2) is 27.1 Å². The molecule has 0 aliphatic rings. The number of carboxylic acid groups (broad SMARTS) is 2. The first-order valence-electron chi connectivity index (χ1n) is 5.91. The number of nitro benzene ring substituents is 1. The number of nitro groups is 1. The average Bonchev–Trinajstić information content (AvgIpc) is 2.47. The van der Waals surface area contributed by atoms with Crippen molar-refractivity contribution in [2.75, 3.05) is 0 Å². The number of non-ortho nitro benzene ring substituents is 1. The van der Waals surface area contributed by atoms with Gasteiger partial charge in [0.1, 0.15) is 11.5 Å². The van der Waals surface area contributed by atoms with Crippen LogP contribution in [0.1, 0.15) is 20.7 Å². The van der Waals surface area contributed by atoms with Crippen molar-refractivity contribution in [1.29, 1.82) is 0 Å². The Morgan fingerprint density at radius 2 is 1.41 bits per heavy atom. The number of aromatic carboxylic acids is 2. The van der Waals surface area contributed by atoms with Gasteiger partial charge in [-0.2, -0.15) is 0 Å². The summed E-state index contributed by atoms with van der Waals surface area (Å²) in [7, 11) is 0. The summed E-state index contributed by atoms with van der Waals surface area (Å²) >= 11 is 0. The Bertz CT molecular complexity index is 720. The van der Waals surface area contributed by atoms with Crippen molar-refractivity contribution in [3.05, 3.63) is 63.7 Å². The summed E-state index contributed by atoms with van der Waals surface area (Å²) in [5.74, 6) is -2.37. The molecule has 2 aromatic rings. The Hall–Kier alpha value is -3.42. The van der Waals surface area contributed by atoms with Crippen molar-refractivity contribution in [2.24, 2.45) is 0 Å². The fourth-order valence-corrected chi connectivity index (χ4v) is 1.68. The second-order valence-corrected chi connectivity index (χ2v) is 4.21. The normalized spacial score (nSPS) is 10.0. The highest BCUT2D eigenvalue weighted by molar-refractivity contribution is 5.94. The van der Waals surface area contributed by atoms with Crippen LogP contribution in [0.3, 0.4) is 0 Å². The van der Waals surface area contributed by atoms with Crippen LogP contribution < -0.4 is 4.74 Å². The zero-order valence-electron chi connectivity index (χ0n) is 10.9. The monoisotopic (exact) mass is 303 g/mol. The first kappa shape index (κ1) is 15.0. The van der Waals surface area contributed by atoms with Crippen LogP contribution in [-0.2, 0) is 0 Å². The molecule has 2 rings (SSSR count). The molecule has 0 aliphatic heterocycles. The van der Waals surface area contributed by atoms with Gasteiger partial charge in [-0.25, -0.2) is 9.59 Å². The minimum absolute atomic E-state index is 0.00570. The number of benzene rings is 2. The van der Waals surface area contributed by atoms with Crippen molar-refractivity contribution >= 4 is 17.6 Å². The molecule has 8 nitrogen and oxygen atoms in total. The van der Waals surface area contributed by atoms with E-state index in [-0.39, 0.29) is 28.3 Å². The molecular weight excluding hydrogens is 294 g/mol. The largest absolute Gasteiger partial charge is 0.478 e. The Morgan fingerprint density at radius 1 is 0.909 bits per heavy atom. The van der Waals surface area contributed by atoms with Gasteiger partial charge < -0.3 is 14.9 Å². The third kappa shape index (κ3) is 3.37. The number of nitrogens with zero attached hydrogens (tertiary/aromatic N) is 1. The quantitative estimate of drug-likeness (QED) is 0.642. The van der Waals surface area contributed by atoms with Gasteiger partial charge in [-0.05, 0) is 30.3 Å². The Morgan fingerprint density at radius 3 is 1.82 bits per heavy atom. The third-order valence-electron chi connectivity index (χ3n) is 2.68. The molecule has 0 aliphatic carbocycles. The van der Waals surface area contributed by atoms with Crippen LogP contribution in [0.15, 0.2) is 42.5 Å². The molecule has 0 radical (unpaired) electrons. The standard InChI is InChI=1S/C14H9NO7/c16-13(17)8-5-9(14(18)19)7-12(6-8)22-11-3-1-10(2-4-11)15(20)21/h1-7H,(H,16,17)(H,18,19). The lowest BCUT2D eigenvalue weighted by Crippen LogP contribution is -2.03. The Kier molecular flexibility index (Phi) is 4.03. The van der Waals surface area contributed by atoms with Crippen molar-refractivity contribution in [3.8, 4) is 11.5 Å². The summed E-state index contributed by atoms with van der Waals surface area (Å²) < 4.78 is 5.35. The number of ether oxygens (including phenoxy) is 1. The highest BCUT2D eigenvalue weighted by Crippen LogP contribution is 2.26. The van der Waals surface area contributed by atoms with Gasteiger partial charge in [0.2, 0.25) is 0 Å². The summed E-state index contributed by atoms with van der Waals surface area (Å²) in [6.07, 6.45) is 0. The molecule has 0 saturated heterocycles. The molecular formula is C14H9NO7. The summed E-state index contributed by atoms with van der Waals surface area (Å²) in [5.41, 5.74) is -0.605. The first-order chi connectivity index (χ1) is 10.4. The minimum atomic E-state index is -1.29. The molecule has 0 saturated carbocycles. The second-order valence-electron chi connectivity index (χ2n) is 4.21. The zero-order valence-corrected chi connectivity index (χ0v) is 10.9. The molecule has 0 unspecified atom stereocenters. The molecule has 2 aromatic carbocycles. The predicted octanol–water partition coefficient (Wildman–Crippen LogP) is 2.78. The first-order valence-corrected chi connectivity index (χ1v) is 5.91. The van der Waals surface area contributed by atoms with Gasteiger partial charge in [-0.3, -0.25) is 10.1 Å². The van der Waals surface area contributed by atoms with Gasteiger partial charge in [-0.15, -0.1) is 0 Å². The Labute approximate surface area is 123 Å². The number of rotatable bonds is 5. The van der Waals surface area contributed by atoms with Crippen LogP contribution in [0.4, 0.5) is 5.69 Å². The number of carbonyl (C=O) groups is 2. The molecule has 0 amide bonds. The molecule has 0 aromatic heterocycles. The van der Waals surface area contributed by atoms with Gasteiger partial charge in [0, 0.05) is 12.1 Å². The van der Waals surface area contributed by atoms with E-state index in [9.17, 15) is 19.7 Å². The fourth-order valence-electron chi connectivity index (χ4n) is 1.68. The third-order valence-corrected chi connectivity index (χ3v) is 2.68. The lowest BCUT2D eigenvalue weighted by molar-refractivity contribution is -0.384. The van der Waals surface area contributed by atoms with Crippen molar-refractivity contribution < 1.29 is 29.5 Å². The molecule has 0 heterocycles. The summed E-state index contributed by atoms with van der Waals surface area (Å²) in [6.45, 7) is 0. The van der Waals surface area contributed by atoms with Crippen LogP contribution in [0.2, 0.25) is 0 Å². The zero-order chi connectivity index (χ0) is 16.3. The van der Waals surface area contributed by atoms with E-state index >= 15 is 0 Å². The molecule has 0 bridgehead atoms.